The van der Waals surface area contributed by atoms with Crippen LogP contribution in [-0.4, -0.2) is 83.2 Å². The van der Waals surface area contributed by atoms with Gasteiger partial charge in [0.25, 0.3) is 0 Å². The van der Waals surface area contributed by atoms with Crippen LogP contribution in [0.15, 0.2) is 18.5 Å². The average molecular weight is 714 g/mol. The number of hydrogen-bond donors (Lipinski definition) is 3. The molecule has 5 atom stereocenters. The van der Waals surface area contributed by atoms with Crippen LogP contribution in [0.3, 0.4) is 0 Å². The Morgan fingerprint density at radius 3 is 2.33 bits per heavy atom. The standard InChI is InChI=1S/C33H57F2N5O6Si2/c1-20(2)47(21(3)4)43-18-28-30(45-48(46-47,22(5)6)23(7)8)31(42-15-11-14-38-32(41)26(37)12-9-10-13-36)33(44-28)40-19-39-29-25(35)16-24(34)17-27(29)40/h16-17,19-23,26,28,30-31,33H,9-15,18,36-37H2,1-8H3,(H,38,41)/t26-,28+,30+,31+,33+/m0/s1. The number of ether oxygens (including phenoxy) is 2. The Bertz CT molecular complexity index is 1350. The summed E-state index contributed by atoms with van der Waals surface area (Å²) >= 11 is 0. The van der Waals surface area contributed by atoms with E-state index in [4.69, 9.17) is 33.9 Å². The van der Waals surface area contributed by atoms with Gasteiger partial charge in [-0.25, -0.2) is 13.8 Å². The molecule has 2 saturated heterocycles. The normalized spacial score (nSPS) is 24.8. The molecule has 2 aliphatic heterocycles. The van der Waals surface area contributed by atoms with Crippen LogP contribution in [0.5, 0.6) is 0 Å². The SMILES string of the molecule is CC(C)[Si]1(C(C)C)OC[C@H]2O[C@@H](n3cnc4c(F)cc(F)cc43)[C@H](OCCCNC(=O)[C@@H](N)CCCCN)[C@@H]2O[Si](C(C)C)(C(C)C)O1. The van der Waals surface area contributed by atoms with Gasteiger partial charge in [-0.2, -0.15) is 0 Å². The van der Waals surface area contributed by atoms with E-state index in [1.807, 2.05) is 0 Å². The average Bonchev–Trinajstić information content (AvgIpc) is 3.57. The highest BCUT2D eigenvalue weighted by Gasteiger charge is 2.62. The Morgan fingerprint density at radius 1 is 1.04 bits per heavy atom. The van der Waals surface area contributed by atoms with Crippen molar-refractivity contribution in [3.63, 3.8) is 0 Å². The molecule has 1 aromatic heterocycles. The van der Waals surface area contributed by atoms with Gasteiger partial charge in [0, 0.05) is 25.3 Å². The molecule has 2 aliphatic rings. The molecular weight excluding hydrogens is 657 g/mol. The van der Waals surface area contributed by atoms with Crippen molar-refractivity contribution in [1.82, 2.24) is 14.9 Å². The minimum absolute atomic E-state index is 0.0354. The number of imidazole rings is 1. The number of fused-ring (bicyclic) bond motifs is 2. The van der Waals surface area contributed by atoms with E-state index in [0.717, 1.165) is 18.9 Å². The lowest BCUT2D eigenvalue weighted by Gasteiger charge is -2.51. The third-order valence-corrected chi connectivity index (χ3v) is 20.0. The van der Waals surface area contributed by atoms with Gasteiger partial charge >= 0.3 is 17.1 Å². The molecule has 2 aromatic rings. The lowest BCUT2D eigenvalue weighted by molar-refractivity contribution is -0.122. The summed E-state index contributed by atoms with van der Waals surface area (Å²) in [6.45, 7) is 18.6. The largest absolute Gasteiger partial charge is 0.414 e. The highest BCUT2D eigenvalue weighted by Crippen LogP contribution is 2.49. The molecule has 0 saturated carbocycles. The van der Waals surface area contributed by atoms with Crippen LogP contribution >= 0.6 is 0 Å². The Kier molecular flexibility index (Phi) is 13.4. The van der Waals surface area contributed by atoms with Crippen molar-refractivity contribution < 1.29 is 36.0 Å². The summed E-state index contributed by atoms with van der Waals surface area (Å²) in [5, 5.41) is 2.89. The van der Waals surface area contributed by atoms with Crippen LogP contribution in [0.2, 0.25) is 22.2 Å². The zero-order chi connectivity index (χ0) is 35.4. The van der Waals surface area contributed by atoms with Crippen molar-refractivity contribution in [3.05, 3.63) is 30.1 Å². The van der Waals surface area contributed by atoms with Gasteiger partial charge in [0.15, 0.2) is 12.0 Å². The number of benzene rings is 1. The molecule has 3 heterocycles. The fourth-order valence-electron chi connectivity index (χ4n) is 7.06. The van der Waals surface area contributed by atoms with Crippen molar-refractivity contribution in [2.45, 2.75) is 134 Å². The molecule has 0 spiro atoms. The Morgan fingerprint density at radius 2 is 1.71 bits per heavy atom. The molecule has 0 unspecified atom stereocenters. The van der Waals surface area contributed by atoms with Crippen molar-refractivity contribution in [2.24, 2.45) is 11.5 Å². The van der Waals surface area contributed by atoms with Crippen molar-refractivity contribution in [1.29, 1.82) is 0 Å². The summed E-state index contributed by atoms with van der Waals surface area (Å²) in [5.74, 6) is -1.69. The van der Waals surface area contributed by atoms with Gasteiger partial charge < -0.3 is 43.8 Å². The second-order valence-corrected chi connectivity index (χ2v) is 23.2. The molecule has 15 heteroatoms. The van der Waals surface area contributed by atoms with E-state index in [0.29, 0.717) is 25.9 Å². The highest BCUT2D eigenvalue weighted by atomic mass is 28.5. The number of hydrogen-bond acceptors (Lipinski definition) is 9. The number of nitrogens with zero attached hydrogens (tertiary/aromatic N) is 2. The summed E-state index contributed by atoms with van der Waals surface area (Å²) < 4.78 is 65.8. The monoisotopic (exact) mass is 713 g/mol. The van der Waals surface area contributed by atoms with E-state index >= 15 is 0 Å². The maximum atomic E-state index is 14.8. The van der Waals surface area contributed by atoms with Crippen molar-refractivity contribution in [3.8, 4) is 0 Å². The van der Waals surface area contributed by atoms with E-state index < -0.39 is 59.3 Å². The first-order valence-electron chi connectivity index (χ1n) is 17.5. The van der Waals surface area contributed by atoms with Crippen LogP contribution in [0.4, 0.5) is 8.78 Å². The first-order valence-corrected chi connectivity index (χ1v) is 21.5. The zero-order valence-electron chi connectivity index (χ0n) is 29.8. The molecule has 272 valence electrons. The summed E-state index contributed by atoms with van der Waals surface area (Å²) in [5.41, 5.74) is 12.3. The van der Waals surface area contributed by atoms with Crippen LogP contribution in [-0.2, 0) is 27.2 Å². The summed E-state index contributed by atoms with van der Waals surface area (Å²) in [7, 11) is -5.87. The molecule has 0 radical (unpaired) electrons. The Labute approximate surface area is 286 Å². The number of nitrogens with one attached hydrogen (secondary N) is 1. The second-order valence-electron chi connectivity index (χ2n) is 14.4. The van der Waals surface area contributed by atoms with Gasteiger partial charge in [0.05, 0.1) is 24.5 Å². The van der Waals surface area contributed by atoms with Gasteiger partial charge in [0.2, 0.25) is 5.91 Å². The van der Waals surface area contributed by atoms with Crippen LogP contribution < -0.4 is 16.8 Å². The number of carbonyl (C=O) groups is 1. The Balaban J connectivity index is 1.65. The lowest BCUT2D eigenvalue weighted by Crippen LogP contribution is -2.66. The highest BCUT2D eigenvalue weighted by molar-refractivity contribution is 6.84. The molecule has 0 aliphatic carbocycles. The number of aromatic nitrogens is 2. The molecule has 5 N–H and O–H groups in total. The van der Waals surface area contributed by atoms with Gasteiger partial charge in [-0.15, -0.1) is 0 Å². The van der Waals surface area contributed by atoms with E-state index in [-0.39, 0.29) is 52.3 Å². The molecule has 1 aromatic carbocycles. The molecule has 1 amide bonds. The topological polar surface area (TPSA) is 145 Å². The van der Waals surface area contributed by atoms with Crippen LogP contribution in [0.1, 0.15) is 87.3 Å². The smallest absolute Gasteiger partial charge is 0.335 e. The van der Waals surface area contributed by atoms with E-state index in [2.05, 4.69) is 65.7 Å². The number of rotatable bonds is 15. The third-order valence-electron chi connectivity index (χ3n) is 9.73. The van der Waals surface area contributed by atoms with Gasteiger partial charge in [-0.3, -0.25) is 4.79 Å². The van der Waals surface area contributed by atoms with Crippen LogP contribution in [0.25, 0.3) is 11.0 Å². The number of unbranched alkanes of at least 4 members (excludes halogenated alkanes) is 1. The zero-order valence-corrected chi connectivity index (χ0v) is 31.8. The van der Waals surface area contributed by atoms with Gasteiger partial charge in [-0.1, -0.05) is 61.8 Å². The lowest BCUT2D eigenvalue weighted by atomic mass is 10.1. The van der Waals surface area contributed by atoms with E-state index in [1.165, 1.54) is 12.4 Å². The van der Waals surface area contributed by atoms with Crippen LogP contribution in [0, 0.1) is 11.6 Å². The minimum Gasteiger partial charge on any atom is -0.414 e. The third kappa shape index (κ3) is 8.04. The van der Waals surface area contributed by atoms with Gasteiger partial charge in [-0.05, 0) is 48.0 Å². The number of halogens is 2. The first kappa shape index (κ1) is 39.0. The molecular formula is C33H57F2N5O6Si2. The molecule has 0 bridgehead atoms. The minimum atomic E-state index is -3.04. The maximum Gasteiger partial charge on any atom is 0.335 e. The summed E-state index contributed by atoms with van der Waals surface area (Å²) in [4.78, 5) is 16.8. The predicted octanol–water partition coefficient (Wildman–Crippen LogP) is 5.52. The maximum absolute atomic E-state index is 14.8. The Hall–Kier alpha value is -1.83. The fraction of sp³-hybridized carbons (Fsp3) is 0.758. The molecule has 2 fully saturated rings. The van der Waals surface area contributed by atoms with E-state index in [1.54, 1.807) is 4.57 Å². The second kappa shape index (κ2) is 16.5. The first-order chi connectivity index (χ1) is 22.7. The number of amides is 1. The fourth-order valence-corrected chi connectivity index (χ4v) is 18.3. The molecule has 48 heavy (non-hydrogen) atoms. The quantitative estimate of drug-likeness (QED) is 0.161. The van der Waals surface area contributed by atoms with Crippen molar-refractivity contribution >= 4 is 34.1 Å². The molecule has 4 rings (SSSR count). The summed E-state index contributed by atoms with van der Waals surface area (Å²) in [6, 6.07) is 1.47. The van der Waals surface area contributed by atoms with Gasteiger partial charge in [0.1, 0.15) is 29.6 Å². The number of carbonyl (C=O) groups excluding carboxylic acids is 1. The predicted molar refractivity (Wildman–Crippen MR) is 186 cm³/mol. The van der Waals surface area contributed by atoms with E-state index in [9.17, 15) is 13.6 Å². The van der Waals surface area contributed by atoms with Crippen molar-refractivity contribution in [2.75, 3.05) is 26.3 Å². The summed E-state index contributed by atoms with van der Waals surface area (Å²) in [6.07, 6.45) is 1.47. The number of nitrogens with two attached hydrogens (primary N) is 2. The molecule has 11 nitrogen and oxygen atoms in total.